The zero-order chi connectivity index (χ0) is 19.7. The summed E-state index contributed by atoms with van der Waals surface area (Å²) in [4.78, 5) is 37.3. The third kappa shape index (κ3) is 3.47. The summed E-state index contributed by atoms with van der Waals surface area (Å²) < 4.78 is 5.19. The van der Waals surface area contributed by atoms with Gasteiger partial charge in [-0.1, -0.05) is 29.3 Å². The van der Waals surface area contributed by atoms with Gasteiger partial charge in [0.05, 0.1) is 18.4 Å². The number of carbonyl (C=O) groups is 3. The minimum absolute atomic E-state index is 0.0156. The van der Waals surface area contributed by atoms with Crippen molar-refractivity contribution in [1.29, 1.82) is 0 Å². The molecule has 138 valence electrons. The number of halogens is 2. The molecule has 2 aromatic carbocycles. The predicted octanol–water partition coefficient (Wildman–Crippen LogP) is 3.48. The first-order chi connectivity index (χ1) is 12.8. The lowest BCUT2D eigenvalue weighted by Gasteiger charge is -2.18. The van der Waals surface area contributed by atoms with E-state index in [2.05, 4.69) is 5.32 Å². The Morgan fingerprint density at radius 2 is 1.85 bits per heavy atom. The number of methoxy groups -OCH3 is 1. The van der Waals surface area contributed by atoms with Crippen LogP contribution in [0.1, 0.15) is 10.4 Å². The summed E-state index contributed by atoms with van der Waals surface area (Å²) in [6.07, 6.45) is 0. The molecular weight excluding hydrogens is 395 g/mol. The van der Waals surface area contributed by atoms with Gasteiger partial charge in [-0.15, -0.1) is 0 Å². The van der Waals surface area contributed by atoms with E-state index in [1.54, 1.807) is 12.1 Å². The number of anilines is 2. The summed E-state index contributed by atoms with van der Waals surface area (Å²) in [5.74, 6) is -2.33. The van der Waals surface area contributed by atoms with Crippen LogP contribution in [0.15, 0.2) is 53.2 Å². The Morgan fingerprint density at radius 1 is 1.11 bits per heavy atom. The largest absolute Gasteiger partial charge is 0.495 e. The van der Waals surface area contributed by atoms with Gasteiger partial charge in [0.15, 0.2) is 0 Å². The number of amides is 2. The number of carbonyl (C=O) groups excluding carboxylic acids is 2. The van der Waals surface area contributed by atoms with Crippen LogP contribution >= 0.6 is 23.2 Å². The van der Waals surface area contributed by atoms with Gasteiger partial charge in [0.25, 0.3) is 11.8 Å². The van der Waals surface area contributed by atoms with E-state index >= 15 is 0 Å². The summed E-state index contributed by atoms with van der Waals surface area (Å²) >= 11 is 12.0. The number of rotatable bonds is 5. The second-order valence-corrected chi connectivity index (χ2v) is 6.28. The molecule has 2 aromatic rings. The molecule has 0 aromatic heterocycles. The number of nitrogens with one attached hydrogen (secondary N) is 1. The molecule has 0 atom stereocenters. The highest BCUT2D eigenvalue weighted by Gasteiger charge is 2.40. The van der Waals surface area contributed by atoms with Gasteiger partial charge in [-0.3, -0.25) is 9.59 Å². The minimum atomic E-state index is -1.13. The topological polar surface area (TPSA) is 95.9 Å². The van der Waals surface area contributed by atoms with E-state index in [1.165, 1.54) is 37.4 Å². The molecule has 0 fully saturated rings. The van der Waals surface area contributed by atoms with Crippen molar-refractivity contribution in [1.82, 2.24) is 0 Å². The summed E-state index contributed by atoms with van der Waals surface area (Å²) in [5.41, 5.74) is 0.284. The van der Waals surface area contributed by atoms with Crippen LogP contribution in [0, 0.1) is 0 Å². The van der Waals surface area contributed by atoms with Crippen LogP contribution in [0.25, 0.3) is 0 Å². The SMILES string of the molecule is COc1ccc(Cl)cc1N1C(=O)C(Cl)=C(Nc2cccc(C(=O)O)c2)C1=O. The van der Waals surface area contributed by atoms with Gasteiger partial charge < -0.3 is 15.2 Å². The van der Waals surface area contributed by atoms with E-state index in [-0.39, 0.29) is 27.7 Å². The Morgan fingerprint density at radius 3 is 2.52 bits per heavy atom. The normalized spacial score (nSPS) is 14.0. The first-order valence-corrected chi connectivity index (χ1v) is 8.31. The highest BCUT2D eigenvalue weighted by molar-refractivity contribution is 6.53. The Kier molecular flexibility index (Phi) is 5.07. The lowest BCUT2D eigenvalue weighted by molar-refractivity contribution is -0.120. The summed E-state index contributed by atoms with van der Waals surface area (Å²) in [5, 5.41) is 11.8. The monoisotopic (exact) mass is 406 g/mol. The lowest BCUT2D eigenvalue weighted by Crippen LogP contribution is -2.32. The molecule has 2 amide bonds. The van der Waals surface area contributed by atoms with Crippen LogP contribution < -0.4 is 15.0 Å². The average Bonchev–Trinajstić information content (AvgIpc) is 2.85. The fourth-order valence-electron chi connectivity index (χ4n) is 2.54. The van der Waals surface area contributed by atoms with Crippen LogP contribution in [0.4, 0.5) is 11.4 Å². The zero-order valence-corrected chi connectivity index (χ0v) is 15.3. The van der Waals surface area contributed by atoms with Gasteiger partial charge >= 0.3 is 5.97 Å². The van der Waals surface area contributed by atoms with Gasteiger partial charge in [0.2, 0.25) is 0 Å². The molecule has 1 aliphatic heterocycles. The number of aromatic carboxylic acids is 1. The van der Waals surface area contributed by atoms with Crippen molar-refractivity contribution < 1.29 is 24.2 Å². The van der Waals surface area contributed by atoms with E-state index < -0.39 is 17.8 Å². The summed E-state index contributed by atoms with van der Waals surface area (Å²) in [7, 11) is 1.39. The van der Waals surface area contributed by atoms with Crippen molar-refractivity contribution in [2.45, 2.75) is 0 Å². The highest BCUT2D eigenvalue weighted by Crippen LogP contribution is 2.37. The molecule has 3 rings (SSSR count). The molecule has 0 bridgehead atoms. The average molecular weight is 407 g/mol. The van der Waals surface area contributed by atoms with Crippen LogP contribution in [0.5, 0.6) is 5.75 Å². The molecule has 7 nitrogen and oxygen atoms in total. The Bertz CT molecular complexity index is 1000. The quantitative estimate of drug-likeness (QED) is 0.737. The molecule has 0 saturated carbocycles. The number of ether oxygens (including phenoxy) is 1. The number of carboxylic acids is 1. The van der Waals surface area contributed by atoms with Gasteiger partial charge in [-0.25, -0.2) is 9.69 Å². The van der Waals surface area contributed by atoms with E-state index in [9.17, 15) is 14.4 Å². The fraction of sp³-hybridized carbons (Fsp3) is 0.0556. The van der Waals surface area contributed by atoms with Crippen molar-refractivity contribution in [3.05, 3.63) is 63.8 Å². The molecule has 0 saturated heterocycles. The number of benzene rings is 2. The fourth-order valence-corrected chi connectivity index (χ4v) is 2.92. The predicted molar refractivity (Wildman–Crippen MR) is 100 cm³/mol. The summed E-state index contributed by atoms with van der Waals surface area (Å²) in [6.45, 7) is 0. The van der Waals surface area contributed by atoms with Crippen molar-refractivity contribution >= 4 is 52.4 Å². The van der Waals surface area contributed by atoms with E-state index in [0.717, 1.165) is 4.90 Å². The molecular formula is C18H12Cl2N2O5. The standard InChI is InChI=1S/C18H12Cl2N2O5/c1-27-13-6-5-10(19)8-12(13)22-16(23)14(20)15(17(22)24)21-11-4-2-3-9(7-11)18(25)26/h2-8,21H,1H3,(H,25,26). The number of hydrogen-bond donors (Lipinski definition) is 2. The Balaban J connectivity index is 1.97. The Labute approximate surface area is 163 Å². The maximum atomic E-state index is 12.8. The molecule has 0 aliphatic carbocycles. The second-order valence-electron chi connectivity index (χ2n) is 5.46. The van der Waals surface area contributed by atoms with E-state index in [0.29, 0.717) is 10.7 Å². The van der Waals surface area contributed by atoms with E-state index in [1.807, 2.05) is 0 Å². The van der Waals surface area contributed by atoms with E-state index in [4.69, 9.17) is 33.0 Å². The molecule has 0 radical (unpaired) electrons. The smallest absolute Gasteiger partial charge is 0.335 e. The van der Waals surface area contributed by atoms with Crippen molar-refractivity contribution in [3.8, 4) is 5.75 Å². The first kappa shape index (κ1) is 18.8. The molecule has 9 heteroatoms. The van der Waals surface area contributed by atoms with Gasteiger partial charge in [-0.2, -0.15) is 0 Å². The number of imide groups is 1. The van der Waals surface area contributed by atoms with Crippen molar-refractivity contribution in [3.63, 3.8) is 0 Å². The molecule has 2 N–H and O–H groups in total. The van der Waals surface area contributed by atoms with Gasteiger partial charge in [0, 0.05) is 10.7 Å². The minimum Gasteiger partial charge on any atom is -0.495 e. The molecule has 0 spiro atoms. The molecule has 0 unspecified atom stereocenters. The second kappa shape index (κ2) is 7.30. The third-order valence-corrected chi connectivity index (χ3v) is 4.37. The summed E-state index contributed by atoms with van der Waals surface area (Å²) in [6, 6.07) is 10.3. The van der Waals surface area contributed by atoms with Gasteiger partial charge in [-0.05, 0) is 36.4 Å². The van der Waals surface area contributed by atoms with Gasteiger partial charge in [0.1, 0.15) is 16.5 Å². The molecule has 27 heavy (non-hydrogen) atoms. The third-order valence-electron chi connectivity index (χ3n) is 3.79. The number of nitrogens with zero attached hydrogens (tertiary/aromatic N) is 1. The highest BCUT2D eigenvalue weighted by atomic mass is 35.5. The van der Waals surface area contributed by atoms with Crippen LogP contribution in [-0.4, -0.2) is 30.0 Å². The number of hydrogen-bond acceptors (Lipinski definition) is 5. The van der Waals surface area contributed by atoms with Crippen molar-refractivity contribution in [2.24, 2.45) is 0 Å². The first-order valence-electron chi connectivity index (χ1n) is 7.56. The van der Waals surface area contributed by atoms with Crippen LogP contribution in [-0.2, 0) is 9.59 Å². The molecule has 1 heterocycles. The molecule has 1 aliphatic rings. The zero-order valence-electron chi connectivity index (χ0n) is 13.8. The lowest BCUT2D eigenvalue weighted by atomic mass is 10.2. The number of carboxylic acid groups (broad SMARTS) is 1. The Hall–Kier alpha value is -3.03. The van der Waals surface area contributed by atoms with Crippen LogP contribution in [0.3, 0.4) is 0 Å². The van der Waals surface area contributed by atoms with Crippen molar-refractivity contribution in [2.75, 3.05) is 17.3 Å². The maximum absolute atomic E-state index is 12.8. The maximum Gasteiger partial charge on any atom is 0.335 e. The van der Waals surface area contributed by atoms with Crippen LogP contribution in [0.2, 0.25) is 5.02 Å².